The number of fused-ring (bicyclic) bond motifs is 1. The van der Waals surface area contributed by atoms with Crippen molar-refractivity contribution < 1.29 is 23.8 Å². The highest BCUT2D eigenvalue weighted by Gasteiger charge is 2.57. The Hall–Kier alpha value is -3.03. The Labute approximate surface area is 193 Å². The van der Waals surface area contributed by atoms with Crippen molar-refractivity contribution in [1.29, 1.82) is 0 Å². The van der Waals surface area contributed by atoms with Gasteiger partial charge in [-0.25, -0.2) is 4.79 Å². The van der Waals surface area contributed by atoms with E-state index < -0.39 is 12.2 Å². The summed E-state index contributed by atoms with van der Waals surface area (Å²) in [5.74, 6) is -0.442. The van der Waals surface area contributed by atoms with Crippen molar-refractivity contribution in [3.8, 4) is 0 Å². The average molecular weight is 446 g/mol. The van der Waals surface area contributed by atoms with E-state index in [9.17, 15) is 4.79 Å². The monoisotopic (exact) mass is 445 g/mol. The summed E-state index contributed by atoms with van der Waals surface area (Å²) in [6, 6.07) is 28.9. The first kappa shape index (κ1) is 21.8. The minimum atomic E-state index is -0.498. The van der Waals surface area contributed by atoms with Crippen molar-refractivity contribution in [3.05, 3.63) is 108 Å². The third kappa shape index (κ3) is 4.99. The summed E-state index contributed by atoms with van der Waals surface area (Å²) in [7, 11) is 0. The normalized spacial score (nSPS) is 26.1. The fourth-order valence-corrected chi connectivity index (χ4v) is 4.52. The van der Waals surface area contributed by atoms with Gasteiger partial charge < -0.3 is 19.0 Å². The zero-order valence-corrected chi connectivity index (χ0v) is 18.2. The molecule has 3 aromatic carbocycles. The second kappa shape index (κ2) is 10.3. The summed E-state index contributed by atoms with van der Waals surface area (Å²) in [5.41, 5.74) is 5.71. The molecule has 1 N–H and O–H groups in total. The molecule has 5 atom stereocenters. The van der Waals surface area contributed by atoms with Gasteiger partial charge in [-0.15, -0.1) is 0 Å². The van der Waals surface area contributed by atoms with Crippen LogP contribution in [0.5, 0.6) is 0 Å². The fraction of sp³-hybridized carbons (Fsp3) is 0.296. The van der Waals surface area contributed by atoms with Crippen LogP contribution < -0.4 is 5.48 Å². The van der Waals surface area contributed by atoms with Gasteiger partial charge in [-0.3, -0.25) is 0 Å². The van der Waals surface area contributed by atoms with Gasteiger partial charge in [-0.1, -0.05) is 78.9 Å². The van der Waals surface area contributed by atoms with Gasteiger partial charge in [0, 0.05) is 5.92 Å². The van der Waals surface area contributed by atoms with E-state index in [1.54, 1.807) is 12.1 Å². The predicted octanol–water partition coefficient (Wildman–Crippen LogP) is 3.92. The second-order valence-electron chi connectivity index (χ2n) is 8.38. The van der Waals surface area contributed by atoms with Crippen molar-refractivity contribution in [2.24, 2.45) is 5.92 Å². The van der Waals surface area contributed by atoms with Crippen LogP contribution in [0.4, 0.5) is 0 Å². The molecule has 6 nitrogen and oxygen atoms in total. The first-order valence-electron chi connectivity index (χ1n) is 11.2. The molecule has 0 bridgehead atoms. The smallest absolute Gasteiger partial charge is 0.338 e. The van der Waals surface area contributed by atoms with Crippen molar-refractivity contribution in [2.75, 3.05) is 6.61 Å². The maximum Gasteiger partial charge on any atom is 0.338 e. The number of carbonyl (C=O) groups is 1. The lowest BCUT2D eigenvalue weighted by molar-refractivity contribution is -0.125. The number of nitrogens with one attached hydrogen (secondary N) is 1. The van der Waals surface area contributed by atoms with E-state index in [1.807, 2.05) is 78.9 Å². The van der Waals surface area contributed by atoms with Crippen molar-refractivity contribution in [1.82, 2.24) is 5.48 Å². The number of benzene rings is 3. The third-order valence-corrected chi connectivity index (χ3v) is 6.20. The van der Waals surface area contributed by atoms with E-state index in [1.165, 1.54) is 0 Å². The number of hydrogen-bond acceptors (Lipinski definition) is 6. The molecule has 2 fully saturated rings. The summed E-state index contributed by atoms with van der Waals surface area (Å²) >= 11 is 0. The van der Waals surface area contributed by atoms with E-state index in [0.717, 1.165) is 11.1 Å². The quantitative estimate of drug-likeness (QED) is 0.531. The summed E-state index contributed by atoms with van der Waals surface area (Å²) in [4.78, 5) is 18.5. The van der Waals surface area contributed by atoms with E-state index in [4.69, 9.17) is 19.0 Å². The molecule has 0 spiro atoms. The molecule has 0 unspecified atom stereocenters. The Balaban J connectivity index is 1.37. The molecule has 5 rings (SSSR count). The number of rotatable bonds is 8. The lowest BCUT2D eigenvalue weighted by atomic mass is 10.0. The number of ether oxygens (including phenoxy) is 3. The highest BCUT2D eigenvalue weighted by atomic mass is 16.7. The molecule has 6 heteroatoms. The lowest BCUT2D eigenvalue weighted by Gasteiger charge is -2.28. The molecule has 33 heavy (non-hydrogen) atoms. The fourth-order valence-electron chi connectivity index (χ4n) is 4.52. The van der Waals surface area contributed by atoms with Crippen LogP contribution in [-0.4, -0.2) is 36.9 Å². The van der Waals surface area contributed by atoms with Gasteiger partial charge >= 0.3 is 5.97 Å². The molecule has 1 heterocycles. The summed E-state index contributed by atoms with van der Waals surface area (Å²) in [6.45, 7) is 1.26. The molecule has 170 valence electrons. The zero-order valence-electron chi connectivity index (χ0n) is 18.2. The molecule has 0 aromatic heterocycles. The van der Waals surface area contributed by atoms with Gasteiger partial charge in [0.1, 0.15) is 18.3 Å². The molecule has 1 saturated carbocycles. The van der Waals surface area contributed by atoms with E-state index in [2.05, 4.69) is 5.48 Å². The molecule has 2 aliphatic rings. The number of esters is 1. The van der Waals surface area contributed by atoms with E-state index in [0.29, 0.717) is 25.4 Å². The SMILES string of the molecule is O=C(O[C@@H]1[C@H]2CON[C@H]2[C@H](OCc2ccccc2)[C@@H]1OCc1ccccc1)c1ccccc1. The Morgan fingerprint density at radius 3 is 1.91 bits per heavy atom. The van der Waals surface area contributed by atoms with Gasteiger partial charge in [0.2, 0.25) is 0 Å². The van der Waals surface area contributed by atoms with Gasteiger partial charge in [0.05, 0.1) is 31.4 Å². The number of carbonyl (C=O) groups excluding carboxylic acids is 1. The van der Waals surface area contributed by atoms with Gasteiger partial charge in [0.15, 0.2) is 0 Å². The molecule has 0 radical (unpaired) electrons. The average Bonchev–Trinajstić information content (AvgIpc) is 3.45. The van der Waals surface area contributed by atoms with Gasteiger partial charge in [-0.05, 0) is 23.3 Å². The zero-order chi connectivity index (χ0) is 22.5. The van der Waals surface area contributed by atoms with Crippen molar-refractivity contribution in [2.45, 2.75) is 37.6 Å². The van der Waals surface area contributed by atoms with Gasteiger partial charge in [0.25, 0.3) is 0 Å². The van der Waals surface area contributed by atoms with Crippen LogP contribution in [0.25, 0.3) is 0 Å². The Kier molecular flexibility index (Phi) is 6.79. The molecule has 1 aliphatic carbocycles. The second-order valence-corrected chi connectivity index (χ2v) is 8.38. The first-order valence-corrected chi connectivity index (χ1v) is 11.2. The molecular weight excluding hydrogens is 418 g/mol. The van der Waals surface area contributed by atoms with Crippen LogP contribution in [0.2, 0.25) is 0 Å². The lowest BCUT2D eigenvalue weighted by Crippen LogP contribution is -2.42. The number of hydroxylamine groups is 1. The van der Waals surface area contributed by atoms with Crippen molar-refractivity contribution in [3.63, 3.8) is 0 Å². The third-order valence-electron chi connectivity index (χ3n) is 6.20. The summed E-state index contributed by atoms with van der Waals surface area (Å²) in [6.07, 6.45) is -1.27. The largest absolute Gasteiger partial charge is 0.455 e. The Morgan fingerprint density at radius 2 is 1.30 bits per heavy atom. The molecule has 1 aliphatic heterocycles. The van der Waals surface area contributed by atoms with Crippen LogP contribution in [0.3, 0.4) is 0 Å². The van der Waals surface area contributed by atoms with Gasteiger partial charge in [-0.2, -0.15) is 5.48 Å². The maximum absolute atomic E-state index is 12.9. The first-order chi connectivity index (χ1) is 16.3. The van der Waals surface area contributed by atoms with Crippen LogP contribution in [0, 0.1) is 5.92 Å². The minimum absolute atomic E-state index is 0.0702. The van der Waals surface area contributed by atoms with E-state index >= 15 is 0 Å². The van der Waals surface area contributed by atoms with Crippen LogP contribution >= 0.6 is 0 Å². The standard InChI is InChI=1S/C27H27NO5/c29-27(21-14-8-3-9-15-21)33-24-22-18-32-28-23(22)25(30-16-19-10-4-1-5-11-19)26(24)31-17-20-12-6-2-7-13-20/h1-15,22-26,28H,16-18H2/t22-,23+,24+,25-,26+/m0/s1. The number of hydrogen-bond donors (Lipinski definition) is 1. The Bertz CT molecular complexity index is 1030. The summed E-state index contributed by atoms with van der Waals surface area (Å²) in [5, 5.41) is 0. The highest BCUT2D eigenvalue weighted by molar-refractivity contribution is 5.89. The summed E-state index contributed by atoms with van der Waals surface area (Å²) < 4.78 is 18.8. The van der Waals surface area contributed by atoms with E-state index in [-0.39, 0.29) is 24.0 Å². The molecule has 3 aromatic rings. The minimum Gasteiger partial charge on any atom is -0.455 e. The van der Waals surface area contributed by atoms with Crippen LogP contribution in [0.1, 0.15) is 21.5 Å². The topological polar surface area (TPSA) is 66.0 Å². The molecule has 1 saturated heterocycles. The van der Waals surface area contributed by atoms with Crippen LogP contribution in [-0.2, 0) is 32.3 Å². The Morgan fingerprint density at radius 1 is 0.758 bits per heavy atom. The highest BCUT2D eigenvalue weighted by Crippen LogP contribution is 2.38. The predicted molar refractivity (Wildman–Crippen MR) is 122 cm³/mol. The maximum atomic E-state index is 12.9. The molecular formula is C27H27NO5. The van der Waals surface area contributed by atoms with Crippen LogP contribution in [0.15, 0.2) is 91.0 Å². The van der Waals surface area contributed by atoms with Crippen molar-refractivity contribution >= 4 is 5.97 Å². The molecule has 0 amide bonds.